The van der Waals surface area contributed by atoms with E-state index in [-0.39, 0.29) is 0 Å². The van der Waals surface area contributed by atoms with Gasteiger partial charge in [-0.25, -0.2) is 0 Å². The lowest BCUT2D eigenvalue weighted by Crippen LogP contribution is -2.32. The van der Waals surface area contributed by atoms with Gasteiger partial charge in [-0.2, -0.15) is 0 Å². The van der Waals surface area contributed by atoms with Crippen molar-refractivity contribution in [3.8, 4) is 0 Å². The number of hydrogen-bond donors (Lipinski definition) is 0. The molecule has 1 heteroatoms. The van der Waals surface area contributed by atoms with Crippen LogP contribution >= 0.6 is 0 Å². The van der Waals surface area contributed by atoms with Crippen molar-refractivity contribution in [2.24, 2.45) is 17.8 Å². The highest BCUT2D eigenvalue weighted by Gasteiger charge is 2.34. The summed E-state index contributed by atoms with van der Waals surface area (Å²) in [6.07, 6.45) is 7.56. The average Bonchev–Trinajstić information content (AvgIpc) is 2.07. The van der Waals surface area contributed by atoms with Crippen molar-refractivity contribution >= 4 is 5.78 Å². The molecule has 0 aromatic carbocycles. The van der Waals surface area contributed by atoms with Gasteiger partial charge >= 0.3 is 0 Å². The molecule has 0 aliphatic heterocycles. The Kier molecular flexibility index (Phi) is 2.20. The molecule has 1 nitrogen and oxygen atoms in total. The maximum absolute atomic E-state index is 11.4. The molecule has 0 saturated heterocycles. The summed E-state index contributed by atoms with van der Waals surface area (Å²) in [6, 6.07) is 0. The third-order valence-corrected chi connectivity index (χ3v) is 3.74. The van der Waals surface area contributed by atoms with Gasteiger partial charge in [0.05, 0.1) is 0 Å². The van der Waals surface area contributed by atoms with E-state index in [1.165, 1.54) is 32.1 Å². The summed E-state index contributed by atoms with van der Waals surface area (Å²) in [7, 11) is 0. The highest BCUT2D eigenvalue weighted by molar-refractivity contribution is 5.81. The predicted octanol–water partition coefficient (Wildman–Crippen LogP) is 2.79. The summed E-state index contributed by atoms with van der Waals surface area (Å²) in [6.45, 7) is 2.10. The molecule has 0 spiro atoms. The standard InChI is InChI=1S/C11H18O/c1-8-6-9-4-2-3-5-10(9)7-11(8)12/h8-10H,2-7H2,1H3/t8-,9?,10?/m1/s1. The maximum atomic E-state index is 11.4. The lowest BCUT2D eigenvalue weighted by atomic mass is 9.67. The minimum Gasteiger partial charge on any atom is -0.299 e. The van der Waals surface area contributed by atoms with Gasteiger partial charge < -0.3 is 0 Å². The number of carbonyl (C=O) groups is 1. The van der Waals surface area contributed by atoms with Crippen molar-refractivity contribution in [3.05, 3.63) is 0 Å². The summed E-state index contributed by atoms with van der Waals surface area (Å²) in [5.41, 5.74) is 0. The third kappa shape index (κ3) is 1.41. The third-order valence-electron chi connectivity index (χ3n) is 3.74. The molecule has 2 rings (SSSR count). The second-order valence-electron chi connectivity index (χ2n) is 4.61. The molecule has 2 saturated carbocycles. The largest absolute Gasteiger partial charge is 0.299 e. The van der Waals surface area contributed by atoms with Gasteiger partial charge in [0.1, 0.15) is 5.78 Å². The molecule has 0 bridgehead atoms. The normalized spacial score (nSPS) is 42.4. The first-order chi connectivity index (χ1) is 5.77. The van der Waals surface area contributed by atoms with Gasteiger partial charge in [-0.05, 0) is 24.7 Å². The van der Waals surface area contributed by atoms with E-state index in [1.54, 1.807) is 0 Å². The predicted molar refractivity (Wildman–Crippen MR) is 48.9 cm³/mol. The molecule has 12 heavy (non-hydrogen) atoms. The van der Waals surface area contributed by atoms with Crippen molar-refractivity contribution in [3.63, 3.8) is 0 Å². The molecule has 68 valence electrons. The van der Waals surface area contributed by atoms with Crippen LogP contribution in [0.5, 0.6) is 0 Å². The second-order valence-corrected chi connectivity index (χ2v) is 4.61. The van der Waals surface area contributed by atoms with Crippen LogP contribution in [0.1, 0.15) is 45.4 Å². The van der Waals surface area contributed by atoms with Gasteiger partial charge in [0.15, 0.2) is 0 Å². The molecule has 3 atom stereocenters. The maximum Gasteiger partial charge on any atom is 0.135 e. The summed E-state index contributed by atoms with van der Waals surface area (Å²) >= 11 is 0. The molecule has 0 aromatic heterocycles. The van der Waals surface area contributed by atoms with Gasteiger partial charge in [0, 0.05) is 12.3 Å². The Hall–Kier alpha value is -0.330. The molecule has 0 N–H and O–H groups in total. The molecule has 0 amide bonds. The van der Waals surface area contributed by atoms with Crippen molar-refractivity contribution in [1.82, 2.24) is 0 Å². The SMILES string of the molecule is C[C@@H]1CC2CCCCC2CC1=O. The van der Waals surface area contributed by atoms with Crippen LogP contribution in [-0.2, 0) is 4.79 Å². The zero-order valence-electron chi connectivity index (χ0n) is 7.88. The van der Waals surface area contributed by atoms with Gasteiger partial charge in [-0.15, -0.1) is 0 Å². The van der Waals surface area contributed by atoms with Gasteiger partial charge in [0.25, 0.3) is 0 Å². The van der Waals surface area contributed by atoms with Gasteiger partial charge in [-0.1, -0.05) is 26.2 Å². The van der Waals surface area contributed by atoms with E-state index >= 15 is 0 Å². The number of Topliss-reactive ketones (excluding diaryl/α,β-unsaturated/α-hetero) is 1. The van der Waals surface area contributed by atoms with Crippen LogP contribution in [0.25, 0.3) is 0 Å². The van der Waals surface area contributed by atoms with E-state index in [1.807, 2.05) is 0 Å². The molecule has 0 radical (unpaired) electrons. The number of hydrogen-bond acceptors (Lipinski definition) is 1. The van der Waals surface area contributed by atoms with Crippen LogP contribution in [0.3, 0.4) is 0 Å². The molecule has 2 unspecified atom stereocenters. The number of fused-ring (bicyclic) bond motifs is 1. The van der Waals surface area contributed by atoms with Crippen molar-refractivity contribution < 1.29 is 4.79 Å². The Morgan fingerprint density at radius 3 is 2.58 bits per heavy atom. The molecule has 2 aliphatic rings. The first-order valence-electron chi connectivity index (χ1n) is 5.30. The van der Waals surface area contributed by atoms with Crippen LogP contribution in [-0.4, -0.2) is 5.78 Å². The van der Waals surface area contributed by atoms with Crippen LogP contribution in [0.15, 0.2) is 0 Å². The highest BCUT2D eigenvalue weighted by atomic mass is 16.1. The van der Waals surface area contributed by atoms with Gasteiger partial charge in [0.2, 0.25) is 0 Å². The first-order valence-corrected chi connectivity index (χ1v) is 5.30. The van der Waals surface area contributed by atoms with Crippen LogP contribution < -0.4 is 0 Å². The van der Waals surface area contributed by atoms with Crippen LogP contribution in [0.2, 0.25) is 0 Å². The Labute approximate surface area is 74.5 Å². The fraction of sp³-hybridized carbons (Fsp3) is 0.909. The monoisotopic (exact) mass is 166 g/mol. The van der Waals surface area contributed by atoms with Gasteiger partial charge in [-0.3, -0.25) is 4.79 Å². The smallest absolute Gasteiger partial charge is 0.135 e. The topological polar surface area (TPSA) is 17.1 Å². The average molecular weight is 166 g/mol. The zero-order valence-corrected chi connectivity index (χ0v) is 7.88. The number of carbonyl (C=O) groups excluding carboxylic acids is 1. The van der Waals surface area contributed by atoms with Crippen molar-refractivity contribution in [2.45, 2.75) is 45.4 Å². The molecule has 2 fully saturated rings. The Morgan fingerprint density at radius 2 is 1.83 bits per heavy atom. The fourth-order valence-corrected chi connectivity index (χ4v) is 2.91. The Bertz CT molecular complexity index is 185. The number of ketones is 1. The van der Waals surface area contributed by atoms with E-state index < -0.39 is 0 Å². The zero-order chi connectivity index (χ0) is 8.55. The summed E-state index contributed by atoms with van der Waals surface area (Å²) in [5, 5.41) is 0. The van der Waals surface area contributed by atoms with Crippen LogP contribution in [0.4, 0.5) is 0 Å². The quantitative estimate of drug-likeness (QED) is 0.541. The molecular weight excluding hydrogens is 148 g/mol. The Morgan fingerprint density at radius 1 is 1.17 bits per heavy atom. The van der Waals surface area contributed by atoms with E-state index in [4.69, 9.17) is 0 Å². The minimum atomic E-state index is 0.365. The van der Waals surface area contributed by atoms with Crippen LogP contribution in [0, 0.1) is 17.8 Å². The molecule has 0 aromatic rings. The second kappa shape index (κ2) is 3.20. The van der Waals surface area contributed by atoms with E-state index in [0.717, 1.165) is 18.3 Å². The fourth-order valence-electron chi connectivity index (χ4n) is 2.91. The van der Waals surface area contributed by atoms with E-state index in [9.17, 15) is 4.79 Å². The van der Waals surface area contributed by atoms with Crippen molar-refractivity contribution in [1.29, 1.82) is 0 Å². The first kappa shape index (κ1) is 8.28. The number of rotatable bonds is 0. The van der Waals surface area contributed by atoms with E-state index in [0.29, 0.717) is 11.7 Å². The highest BCUT2D eigenvalue weighted by Crippen LogP contribution is 2.40. The summed E-state index contributed by atoms with van der Waals surface area (Å²) in [4.78, 5) is 11.4. The Balaban J connectivity index is 2.02. The molecular formula is C11H18O. The molecule has 2 aliphatic carbocycles. The van der Waals surface area contributed by atoms with E-state index in [2.05, 4.69) is 6.92 Å². The lowest BCUT2D eigenvalue weighted by molar-refractivity contribution is -0.127. The summed E-state index contributed by atoms with van der Waals surface area (Å²) in [5.74, 6) is 2.55. The van der Waals surface area contributed by atoms with Crippen molar-refractivity contribution in [2.75, 3.05) is 0 Å². The minimum absolute atomic E-state index is 0.365. The lowest BCUT2D eigenvalue weighted by Gasteiger charge is -2.37. The molecule has 0 heterocycles. The summed E-state index contributed by atoms with van der Waals surface area (Å²) < 4.78 is 0.